The van der Waals surface area contributed by atoms with Gasteiger partial charge in [0.1, 0.15) is 13.2 Å². The van der Waals surface area contributed by atoms with E-state index in [1.807, 2.05) is 0 Å². The van der Waals surface area contributed by atoms with Crippen molar-refractivity contribution in [1.29, 1.82) is 0 Å². The molecule has 0 bridgehead atoms. The molecule has 6 heteroatoms. The zero-order chi connectivity index (χ0) is 55.0. The zero-order valence-electron chi connectivity index (χ0n) is 50.3. The average Bonchev–Trinajstić information content (AvgIpc) is 3.42. The van der Waals surface area contributed by atoms with E-state index in [4.69, 9.17) is 14.2 Å². The van der Waals surface area contributed by atoms with Gasteiger partial charge in [-0.25, -0.2) is 0 Å². The fourth-order valence-corrected chi connectivity index (χ4v) is 9.32. The molecule has 0 rings (SSSR count). The Kier molecular flexibility index (Phi) is 61.2. The van der Waals surface area contributed by atoms with Gasteiger partial charge in [-0.15, -0.1) is 0 Å². The Hall–Kier alpha value is -3.41. The lowest BCUT2D eigenvalue weighted by Crippen LogP contribution is -2.30. The maximum absolute atomic E-state index is 12.8. The molecule has 1 unspecified atom stereocenters. The quantitative estimate of drug-likeness (QED) is 0.0261. The summed E-state index contributed by atoms with van der Waals surface area (Å²) >= 11 is 0. The van der Waals surface area contributed by atoms with Crippen molar-refractivity contribution in [3.63, 3.8) is 0 Å². The zero-order valence-corrected chi connectivity index (χ0v) is 50.3. The largest absolute Gasteiger partial charge is 0.462 e. The summed E-state index contributed by atoms with van der Waals surface area (Å²) in [7, 11) is 0. The SMILES string of the molecule is CC/C=C\C/C=C\C/C=C\C/C=C\C/C=C\C/C=C\C/C=C\CCCC(=O)OC(COC(=O)CCCCCCCCC)COC(=O)CCCCCCCCCCCCCCCCCCCCCCCCCCCCCC. The molecule has 0 fully saturated rings. The van der Waals surface area contributed by atoms with E-state index in [1.165, 1.54) is 186 Å². The van der Waals surface area contributed by atoms with Crippen LogP contribution in [-0.2, 0) is 28.6 Å². The number of carbonyl (C=O) groups is 3. The summed E-state index contributed by atoms with van der Waals surface area (Å²) in [6.07, 6.45) is 85.0. The van der Waals surface area contributed by atoms with Gasteiger partial charge in [0.15, 0.2) is 6.10 Å². The second-order valence-electron chi connectivity index (χ2n) is 21.7. The third kappa shape index (κ3) is 61.4. The van der Waals surface area contributed by atoms with E-state index in [9.17, 15) is 14.4 Å². The first-order valence-corrected chi connectivity index (χ1v) is 32.6. The van der Waals surface area contributed by atoms with E-state index < -0.39 is 6.10 Å². The van der Waals surface area contributed by atoms with Crippen molar-refractivity contribution >= 4 is 17.9 Å². The molecule has 0 aromatic heterocycles. The van der Waals surface area contributed by atoms with Crippen LogP contribution in [0.2, 0.25) is 0 Å². The molecule has 0 saturated carbocycles. The molecule has 0 amide bonds. The van der Waals surface area contributed by atoms with Crippen LogP contribution in [0.15, 0.2) is 85.1 Å². The highest BCUT2D eigenvalue weighted by molar-refractivity contribution is 5.71. The van der Waals surface area contributed by atoms with Crippen molar-refractivity contribution in [3.8, 4) is 0 Å². The molecule has 0 N–H and O–H groups in total. The summed E-state index contributed by atoms with van der Waals surface area (Å²) < 4.78 is 16.8. The van der Waals surface area contributed by atoms with Gasteiger partial charge in [0.05, 0.1) is 0 Å². The summed E-state index contributed by atoms with van der Waals surface area (Å²) in [6, 6.07) is 0. The fraction of sp³-hybridized carbons (Fsp3) is 0.757. The molecule has 1 atom stereocenters. The van der Waals surface area contributed by atoms with Gasteiger partial charge in [-0.05, 0) is 70.6 Å². The normalized spacial score (nSPS) is 12.6. The third-order valence-electron chi connectivity index (χ3n) is 14.2. The van der Waals surface area contributed by atoms with Crippen LogP contribution >= 0.6 is 0 Å². The number of carbonyl (C=O) groups excluding carboxylic acids is 3. The summed E-state index contributed by atoms with van der Waals surface area (Å²) in [5.41, 5.74) is 0. The van der Waals surface area contributed by atoms with Crippen LogP contribution in [0.4, 0.5) is 0 Å². The minimum absolute atomic E-state index is 0.0965. The fourth-order valence-electron chi connectivity index (χ4n) is 9.32. The smallest absolute Gasteiger partial charge is 0.306 e. The lowest BCUT2D eigenvalue weighted by molar-refractivity contribution is -0.167. The number of esters is 3. The van der Waals surface area contributed by atoms with E-state index in [1.54, 1.807) is 0 Å². The van der Waals surface area contributed by atoms with E-state index >= 15 is 0 Å². The van der Waals surface area contributed by atoms with Crippen LogP contribution in [0, 0.1) is 0 Å². The van der Waals surface area contributed by atoms with Crippen molar-refractivity contribution in [2.75, 3.05) is 13.2 Å². The molecular weight excluding hydrogens is 937 g/mol. The molecule has 0 aromatic carbocycles. The highest BCUT2D eigenvalue weighted by Gasteiger charge is 2.19. The van der Waals surface area contributed by atoms with Gasteiger partial charge in [-0.2, -0.15) is 0 Å². The molecule has 0 spiro atoms. The molecule has 0 aliphatic carbocycles. The summed E-state index contributed by atoms with van der Waals surface area (Å²) in [4.78, 5) is 38.0. The van der Waals surface area contributed by atoms with Gasteiger partial charge in [0.25, 0.3) is 0 Å². The van der Waals surface area contributed by atoms with E-state index in [0.717, 1.165) is 89.9 Å². The Morgan fingerprint density at radius 1 is 0.276 bits per heavy atom. The third-order valence-corrected chi connectivity index (χ3v) is 14.2. The van der Waals surface area contributed by atoms with Crippen LogP contribution in [-0.4, -0.2) is 37.2 Å². The predicted octanol–water partition coefficient (Wildman–Crippen LogP) is 22.3. The average molecular weight is 1060 g/mol. The maximum atomic E-state index is 12.8. The van der Waals surface area contributed by atoms with Crippen molar-refractivity contribution in [2.24, 2.45) is 0 Å². The Balaban J connectivity index is 4.16. The highest BCUT2D eigenvalue weighted by Crippen LogP contribution is 2.17. The molecular formula is C70H122O6. The van der Waals surface area contributed by atoms with E-state index in [2.05, 4.69) is 106 Å². The molecule has 0 aliphatic rings. The monoisotopic (exact) mass is 1060 g/mol. The number of hydrogen-bond donors (Lipinski definition) is 0. The standard InChI is InChI=1S/C70H122O6/c1-4-7-10-13-16-18-20-22-24-26-28-30-32-33-34-35-36-38-39-41-43-45-47-49-51-54-57-60-63-69(72)75-66-67(65-74-68(71)62-59-56-53-15-12-9-6-3)76-70(73)64-61-58-55-52-50-48-46-44-42-40-37-31-29-27-25-23-21-19-17-14-11-8-5-2/h8,11,17,19,23,25,29,31,40,42,46,48,52,55,67H,4-7,9-10,12-16,18,20-22,24,26-28,30,32-39,41,43-45,47,49-51,53-54,56-66H2,1-3H3/b11-8-,19-17-,25-23-,31-29-,42-40-,48-46-,55-52-. The molecule has 0 aliphatic heterocycles. The summed E-state index contributed by atoms with van der Waals surface area (Å²) in [6.45, 7) is 6.47. The molecule has 0 aromatic rings. The van der Waals surface area contributed by atoms with E-state index in [-0.39, 0.29) is 37.5 Å². The number of rotatable bonds is 59. The van der Waals surface area contributed by atoms with Crippen LogP contribution < -0.4 is 0 Å². The number of ether oxygens (including phenoxy) is 3. The van der Waals surface area contributed by atoms with Gasteiger partial charge in [-0.1, -0.05) is 318 Å². The van der Waals surface area contributed by atoms with E-state index in [0.29, 0.717) is 19.3 Å². The van der Waals surface area contributed by atoms with Crippen LogP contribution in [0.3, 0.4) is 0 Å². The molecule has 0 saturated heterocycles. The van der Waals surface area contributed by atoms with Crippen molar-refractivity contribution < 1.29 is 28.6 Å². The van der Waals surface area contributed by atoms with Gasteiger partial charge < -0.3 is 14.2 Å². The molecule has 0 heterocycles. The lowest BCUT2D eigenvalue weighted by atomic mass is 10.0. The van der Waals surface area contributed by atoms with Gasteiger partial charge >= 0.3 is 17.9 Å². The molecule has 0 radical (unpaired) electrons. The molecule has 76 heavy (non-hydrogen) atoms. The van der Waals surface area contributed by atoms with Gasteiger partial charge in [-0.3, -0.25) is 14.4 Å². The van der Waals surface area contributed by atoms with Crippen LogP contribution in [0.1, 0.15) is 323 Å². The van der Waals surface area contributed by atoms with Crippen molar-refractivity contribution in [3.05, 3.63) is 85.1 Å². The first kappa shape index (κ1) is 72.6. The van der Waals surface area contributed by atoms with Gasteiger partial charge in [0, 0.05) is 19.3 Å². The van der Waals surface area contributed by atoms with Crippen LogP contribution in [0.25, 0.3) is 0 Å². The first-order valence-electron chi connectivity index (χ1n) is 32.6. The lowest BCUT2D eigenvalue weighted by Gasteiger charge is -2.18. The number of unbranched alkanes of at least 4 members (excludes halogenated alkanes) is 34. The number of hydrogen-bond acceptors (Lipinski definition) is 6. The first-order chi connectivity index (χ1) is 37.5. The Bertz CT molecular complexity index is 1450. The van der Waals surface area contributed by atoms with Crippen molar-refractivity contribution in [2.45, 2.75) is 329 Å². The second kappa shape index (κ2) is 64.1. The number of allylic oxidation sites excluding steroid dienone is 14. The van der Waals surface area contributed by atoms with Crippen LogP contribution in [0.5, 0.6) is 0 Å². The Morgan fingerprint density at radius 3 is 0.789 bits per heavy atom. The summed E-state index contributed by atoms with van der Waals surface area (Å²) in [5, 5.41) is 0. The minimum Gasteiger partial charge on any atom is -0.462 e. The molecule has 438 valence electrons. The second-order valence-corrected chi connectivity index (χ2v) is 21.7. The predicted molar refractivity (Wildman–Crippen MR) is 330 cm³/mol. The topological polar surface area (TPSA) is 78.9 Å². The maximum Gasteiger partial charge on any atom is 0.306 e. The highest BCUT2D eigenvalue weighted by atomic mass is 16.6. The summed E-state index contributed by atoms with van der Waals surface area (Å²) in [5.74, 6) is -0.952. The van der Waals surface area contributed by atoms with Crippen molar-refractivity contribution in [1.82, 2.24) is 0 Å². The minimum atomic E-state index is -0.804. The van der Waals surface area contributed by atoms with Gasteiger partial charge in [0.2, 0.25) is 0 Å². The molecule has 6 nitrogen and oxygen atoms in total. The Morgan fingerprint density at radius 2 is 0.513 bits per heavy atom. The Labute approximate surface area is 471 Å².